The van der Waals surface area contributed by atoms with Crippen LogP contribution in [0, 0.1) is 0 Å². The van der Waals surface area contributed by atoms with Crippen molar-refractivity contribution >= 4 is 0 Å². The second-order valence-corrected chi connectivity index (χ2v) is 5.90. The summed E-state index contributed by atoms with van der Waals surface area (Å²) in [5.74, 6) is 1.74. The molecule has 1 aliphatic rings. The fourth-order valence-electron chi connectivity index (χ4n) is 2.84. The number of methoxy groups -OCH3 is 2. The van der Waals surface area contributed by atoms with Crippen LogP contribution in [-0.2, 0) is 29.0 Å². The van der Waals surface area contributed by atoms with E-state index in [0.717, 1.165) is 17.0 Å². The number of hydrogen-bond acceptors (Lipinski definition) is 8. The Morgan fingerprint density at radius 1 is 1.23 bits per heavy atom. The van der Waals surface area contributed by atoms with E-state index in [2.05, 4.69) is 20.5 Å². The van der Waals surface area contributed by atoms with E-state index in [1.807, 2.05) is 28.9 Å². The van der Waals surface area contributed by atoms with Gasteiger partial charge in [-0.2, -0.15) is 4.98 Å². The third-order valence-electron chi connectivity index (χ3n) is 4.29. The average molecular weight is 357 g/mol. The maximum Gasteiger partial charge on any atom is 0.280 e. The van der Waals surface area contributed by atoms with Gasteiger partial charge in [-0.3, -0.25) is 0 Å². The lowest BCUT2D eigenvalue weighted by molar-refractivity contribution is -0.00119. The van der Waals surface area contributed by atoms with Crippen molar-refractivity contribution in [2.75, 3.05) is 20.8 Å². The van der Waals surface area contributed by atoms with Crippen LogP contribution in [0.4, 0.5) is 0 Å². The Morgan fingerprint density at radius 2 is 2.08 bits per heavy atom. The van der Waals surface area contributed by atoms with E-state index in [9.17, 15) is 0 Å². The van der Waals surface area contributed by atoms with Crippen LogP contribution in [0.25, 0.3) is 11.6 Å². The molecule has 2 aromatic heterocycles. The van der Waals surface area contributed by atoms with Crippen molar-refractivity contribution in [3.63, 3.8) is 0 Å². The molecule has 0 amide bonds. The van der Waals surface area contributed by atoms with Gasteiger partial charge >= 0.3 is 0 Å². The number of benzene rings is 1. The van der Waals surface area contributed by atoms with Crippen molar-refractivity contribution in [1.29, 1.82) is 0 Å². The molecule has 0 saturated heterocycles. The van der Waals surface area contributed by atoms with Gasteiger partial charge in [0.25, 0.3) is 5.89 Å². The fourth-order valence-corrected chi connectivity index (χ4v) is 2.84. The molecule has 3 aromatic rings. The minimum absolute atomic E-state index is 0.0945. The highest BCUT2D eigenvalue weighted by atomic mass is 16.5. The highest BCUT2D eigenvalue weighted by Gasteiger charge is 2.27. The van der Waals surface area contributed by atoms with Gasteiger partial charge in [0, 0.05) is 13.5 Å². The third-order valence-corrected chi connectivity index (χ3v) is 4.29. The molecule has 136 valence electrons. The molecule has 0 N–H and O–H groups in total. The molecule has 1 unspecified atom stereocenters. The van der Waals surface area contributed by atoms with Crippen LogP contribution in [0.1, 0.15) is 23.2 Å². The highest BCUT2D eigenvalue weighted by molar-refractivity contribution is 5.49. The minimum atomic E-state index is -0.0945. The van der Waals surface area contributed by atoms with Crippen molar-refractivity contribution in [1.82, 2.24) is 25.1 Å². The minimum Gasteiger partial charge on any atom is -0.497 e. The first-order chi connectivity index (χ1) is 12.8. The molecule has 4 rings (SSSR count). The first kappa shape index (κ1) is 16.7. The van der Waals surface area contributed by atoms with E-state index in [4.69, 9.17) is 18.7 Å². The smallest absolute Gasteiger partial charge is 0.280 e. The van der Waals surface area contributed by atoms with Gasteiger partial charge in [-0.1, -0.05) is 22.5 Å². The van der Waals surface area contributed by atoms with Crippen LogP contribution < -0.4 is 4.74 Å². The predicted molar refractivity (Wildman–Crippen MR) is 89.4 cm³/mol. The molecule has 1 aliphatic heterocycles. The lowest BCUT2D eigenvalue weighted by Crippen LogP contribution is -2.22. The summed E-state index contributed by atoms with van der Waals surface area (Å²) in [7, 11) is 3.28. The average Bonchev–Trinajstić information content (AvgIpc) is 3.32. The number of fused-ring (bicyclic) bond motifs is 1. The van der Waals surface area contributed by atoms with Gasteiger partial charge in [0.1, 0.15) is 11.9 Å². The standard InChI is InChI=1S/C17H19N5O4/c1-23-8-7-15-18-17(26-20-15)16-13-10-25-14(9-22(13)21-19-16)11-3-5-12(24-2)6-4-11/h3-6,14H,7-10H2,1-2H3. The monoisotopic (exact) mass is 357 g/mol. The van der Waals surface area contributed by atoms with Gasteiger partial charge in [-0.25, -0.2) is 4.68 Å². The van der Waals surface area contributed by atoms with Crippen molar-refractivity contribution in [2.45, 2.75) is 25.7 Å². The van der Waals surface area contributed by atoms with E-state index in [0.29, 0.717) is 43.6 Å². The summed E-state index contributed by atoms with van der Waals surface area (Å²) >= 11 is 0. The van der Waals surface area contributed by atoms with Crippen LogP contribution in [0.2, 0.25) is 0 Å². The molecule has 0 fully saturated rings. The molecule has 0 aliphatic carbocycles. The molecule has 0 bridgehead atoms. The van der Waals surface area contributed by atoms with Gasteiger partial charge in [-0.05, 0) is 17.7 Å². The summed E-state index contributed by atoms with van der Waals surface area (Å²) in [6, 6.07) is 7.82. The molecule has 0 saturated carbocycles. The van der Waals surface area contributed by atoms with Gasteiger partial charge in [0.2, 0.25) is 0 Å². The largest absolute Gasteiger partial charge is 0.497 e. The van der Waals surface area contributed by atoms with Crippen LogP contribution in [-0.4, -0.2) is 46.0 Å². The second-order valence-electron chi connectivity index (χ2n) is 5.90. The normalized spacial score (nSPS) is 16.5. The Morgan fingerprint density at radius 3 is 2.85 bits per heavy atom. The van der Waals surface area contributed by atoms with Crippen LogP contribution >= 0.6 is 0 Å². The summed E-state index contributed by atoms with van der Waals surface area (Å²) in [6.07, 6.45) is 0.488. The van der Waals surface area contributed by atoms with Gasteiger partial charge in [0.05, 0.1) is 32.6 Å². The second kappa shape index (κ2) is 7.22. The Bertz CT molecular complexity index is 874. The number of ether oxygens (including phenoxy) is 3. The number of nitrogens with zero attached hydrogens (tertiary/aromatic N) is 5. The molecule has 9 heteroatoms. The topological polar surface area (TPSA) is 97.3 Å². The summed E-state index contributed by atoms with van der Waals surface area (Å²) < 4.78 is 23.4. The Labute approximate surface area is 149 Å². The molecular formula is C17H19N5O4. The van der Waals surface area contributed by atoms with Crippen LogP contribution in [0.15, 0.2) is 28.8 Å². The molecule has 1 atom stereocenters. The summed E-state index contributed by atoms with van der Waals surface area (Å²) in [4.78, 5) is 4.35. The number of hydrogen-bond donors (Lipinski definition) is 0. The predicted octanol–water partition coefficient (Wildman–Crippen LogP) is 1.80. The molecule has 0 radical (unpaired) electrons. The van der Waals surface area contributed by atoms with Crippen molar-refractivity contribution in [2.24, 2.45) is 0 Å². The lowest BCUT2D eigenvalue weighted by Gasteiger charge is -2.24. The Kier molecular flexibility index (Phi) is 4.63. The maximum absolute atomic E-state index is 6.00. The first-order valence-corrected chi connectivity index (χ1v) is 8.28. The molecular weight excluding hydrogens is 338 g/mol. The van der Waals surface area contributed by atoms with E-state index in [-0.39, 0.29) is 6.10 Å². The number of rotatable bonds is 6. The van der Waals surface area contributed by atoms with Crippen molar-refractivity contribution in [3.8, 4) is 17.3 Å². The summed E-state index contributed by atoms with van der Waals surface area (Å²) in [5, 5.41) is 12.4. The lowest BCUT2D eigenvalue weighted by atomic mass is 10.1. The van der Waals surface area contributed by atoms with Gasteiger partial charge in [0.15, 0.2) is 11.5 Å². The van der Waals surface area contributed by atoms with E-state index in [1.54, 1.807) is 14.2 Å². The number of aromatic nitrogens is 5. The van der Waals surface area contributed by atoms with Crippen LogP contribution in [0.3, 0.4) is 0 Å². The van der Waals surface area contributed by atoms with Crippen LogP contribution in [0.5, 0.6) is 5.75 Å². The fraction of sp³-hybridized carbons (Fsp3) is 0.412. The first-order valence-electron chi connectivity index (χ1n) is 8.28. The quantitative estimate of drug-likeness (QED) is 0.659. The van der Waals surface area contributed by atoms with Gasteiger partial charge < -0.3 is 18.7 Å². The summed E-state index contributed by atoms with van der Waals surface area (Å²) in [5.41, 5.74) is 2.46. The highest BCUT2D eigenvalue weighted by Crippen LogP contribution is 2.30. The molecule has 1 aromatic carbocycles. The Balaban J connectivity index is 1.52. The summed E-state index contributed by atoms with van der Waals surface area (Å²) in [6.45, 7) is 1.47. The molecule has 0 spiro atoms. The molecule has 26 heavy (non-hydrogen) atoms. The zero-order chi connectivity index (χ0) is 17.9. The van der Waals surface area contributed by atoms with Crippen molar-refractivity contribution in [3.05, 3.63) is 41.3 Å². The van der Waals surface area contributed by atoms with Crippen molar-refractivity contribution < 1.29 is 18.7 Å². The molecule has 3 heterocycles. The SMILES string of the molecule is COCCc1noc(-c2nnn3c2COC(c2ccc(OC)cc2)C3)n1. The zero-order valence-electron chi connectivity index (χ0n) is 14.6. The van der Waals surface area contributed by atoms with E-state index in [1.165, 1.54) is 0 Å². The van der Waals surface area contributed by atoms with E-state index < -0.39 is 0 Å². The zero-order valence-corrected chi connectivity index (χ0v) is 14.6. The maximum atomic E-state index is 6.00. The van der Waals surface area contributed by atoms with E-state index >= 15 is 0 Å². The molecule has 9 nitrogen and oxygen atoms in total. The third kappa shape index (κ3) is 3.18. The Hall–Kier alpha value is -2.78. The van der Waals surface area contributed by atoms with Gasteiger partial charge in [-0.15, -0.1) is 5.10 Å².